The zero-order valence-corrected chi connectivity index (χ0v) is 15.5. The Hall–Kier alpha value is -3.30. The van der Waals surface area contributed by atoms with E-state index < -0.39 is 0 Å². The van der Waals surface area contributed by atoms with Gasteiger partial charge in [0.15, 0.2) is 11.5 Å². The van der Waals surface area contributed by atoms with Gasteiger partial charge in [-0.25, -0.2) is 9.97 Å². The van der Waals surface area contributed by atoms with Gasteiger partial charge in [-0.15, -0.1) is 10.2 Å². The smallest absolute Gasteiger partial charge is 0.274 e. The van der Waals surface area contributed by atoms with E-state index in [0.717, 1.165) is 12.2 Å². The molecule has 10 heteroatoms. The maximum atomic E-state index is 12.7. The maximum absolute atomic E-state index is 12.7. The van der Waals surface area contributed by atoms with Crippen LogP contribution in [0, 0.1) is 0 Å². The third-order valence-electron chi connectivity index (χ3n) is 5.06. The summed E-state index contributed by atoms with van der Waals surface area (Å²) in [6, 6.07) is 5.34. The highest BCUT2D eigenvalue weighted by Crippen LogP contribution is 2.15. The molecule has 2 fully saturated rings. The summed E-state index contributed by atoms with van der Waals surface area (Å²) in [6.45, 7) is 5.31. The summed E-state index contributed by atoms with van der Waals surface area (Å²) in [5.41, 5.74) is 0.347. The second-order valence-electron chi connectivity index (χ2n) is 6.73. The van der Waals surface area contributed by atoms with Crippen molar-refractivity contribution in [1.29, 1.82) is 0 Å². The van der Waals surface area contributed by atoms with Crippen molar-refractivity contribution in [2.75, 3.05) is 62.2 Å². The van der Waals surface area contributed by atoms with E-state index in [1.165, 1.54) is 0 Å². The Kier molecular flexibility index (Phi) is 5.27. The molecular formula is C18H22N8O2. The number of nitrogens with zero attached hydrogens (tertiary/aromatic N) is 8. The number of hydrogen-bond acceptors (Lipinski definition) is 8. The van der Waals surface area contributed by atoms with Crippen LogP contribution < -0.4 is 9.80 Å². The van der Waals surface area contributed by atoms with Gasteiger partial charge in [0.05, 0.1) is 0 Å². The zero-order chi connectivity index (χ0) is 19.3. The van der Waals surface area contributed by atoms with Crippen LogP contribution in [0.15, 0.2) is 30.6 Å². The van der Waals surface area contributed by atoms with E-state index in [2.05, 4.69) is 30.0 Å². The first-order valence-corrected chi connectivity index (χ1v) is 9.34. The lowest BCUT2D eigenvalue weighted by molar-refractivity contribution is -0.118. The Morgan fingerprint density at radius 1 is 0.857 bits per heavy atom. The van der Waals surface area contributed by atoms with Gasteiger partial charge in [0.2, 0.25) is 12.4 Å². The van der Waals surface area contributed by atoms with Crippen molar-refractivity contribution in [3.63, 3.8) is 0 Å². The van der Waals surface area contributed by atoms with Gasteiger partial charge < -0.3 is 19.6 Å². The van der Waals surface area contributed by atoms with Crippen LogP contribution >= 0.6 is 0 Å². The Morgan fingerprint density at radius 3 is 2.14 bits per heavy atom. The first kappa shape index (κ1) is 18.1. The number of rotatable bonds is 4. The van der Waals surface area contributed by atoms with Gasteiger partial charge in [0, 0.05) is 64.8 Å². The zero-order valence-electron chi connectivity index (χ0n) is 15.5. The molecule has 2 aliphatic rings. The van der Waals surface area contributed by atoms with Crippen LogP contribution in [0.2, 0.25) is 0 Å². The van der Waals surface area contributed by atoms with E-state index in [1.807, 2.05) is 6.07 Å². The normalized spacial score (nSPS) is 17.6. The predicted molar refractivity (Wildman–Crippen MR) is 102 cm³/mol. The fraction of sp³-hybridized carbons (Fsp3) is 0.444. The van der Waals surface area contributed by atoms with Gasteiger partial charge in [-0.05, 0) is 18.2 Å². The third-order valence-corrected chi connectivity index (χ3v) is 5.06. The molecule has 2 aliphatic heterocycles. The molecule has 0 N–H and O–H groups in total. The first-order valence-electron chi connectivity index (χ1n) is 9.34. The number of piperazine rings is 2. The molecule has 28 heavy (non-hydrogen) atoms. The number of aromatic nitrogens is 4. The van der Waals surface area contributed by atoms with Crippen LogP contribution in [0.4, 0.5) is 11.8 Å². The standard InChI is InChI=1S/C18H22N8O2/c27-14-23-6-8-24(9-7-23)16-3-2-15(21-22-16)17(28)25-10-12-26(13-11-25)18-19-4-1-5-20-18/h1-5,14H,6-13H2. The van der Waals surface area contributed by atoms with E-state index in [4.69, 9.17) is 0 Å². The summed E-state index contributed by atoms with van der Waals surface area (Å²) in [5.74, 6) is 1.31. The van der Waals surface area contributed by atoms with Gasteiger partial charge >= 0.3 is 0 Å². The van der Waals surface area contributed by atoms with E-state index in [-0.39, 0.29) is 5.91 Å². The van der Waals surface area contributed by atoms with Crippen molar-refractivity contribution >= 4 is 24.1 Å². The monoisotopic (exact) mass is 382 g/mol. The summed E-state index contributed by atoms with van der Waals surface area (Å²) >= 11 is 0. The molecule has 4 heterocycles. The molecule has 0 aliphatic carbocycles. The highest BCUT2D eigenvalue weighted by atomic mass is 16.2. The average Bonchev–Trinajstić information content (AvgIpc) is 2.79. The first-order chi connectivity index (χ1) is 13.7. The van der Waals surface area contributed by atoms with Crippen molar-refractivity contribution in [2.45, 2.75) is 0 Å². The van der Waals surface area contributed by atoms with Crippen LogP contribution in [0.3, 0.4) is 0 Å². The molecule has 0 unspecified atom stereocenters. The van der Waals surface area contributed by atoms with Crippen LogP contribution in [-0.2, 0) is 4.79 Å². The van der Waals surface area contributed by atoms with Crippen molar-refractivity contribution in [2.24, 2.45) is 0 Å². The minimum atomic E-state index is -0.113. The summed E-state index contributed by atoms with van der Waals surface area (Å²) < 4.78 is 0. The molecular weight excluding hydrogens is 360 g/mol. The minimum Gasteiger partial charge on any atom is -0.352 e. The SMILES string of the molecule is O=CN1CCN(c2ccc(C(=O)N3CCN(c4ncccn4)CC3)nn2)CC1. The van der Waals surface area contributed by atoms with Crippen molar-refractivity contribution in [1.82, 2.24) is 30.0 Å². The van der Waals surface area contributed by atoms with E-state index in [0.29, 0.717) is 64.0 Å². The molecule has 2 aromatic heterocycles. The quantitative estimate of drug-likeness (QED) is 0.653. The lowest BCUT2D eigenvalue weighted by Gasteiger charge is -2.34. The van der Waals surface area contributed by atoms with E-state index in [9.17, 15) is 9.59 Å². The van der Waals surface area contributed by atoms with E-state index >= 15 is 0 Å². The molecule has 0 radical (unpaired) electrons. The maximum Gasteiger partial charge on any atom is 0.274 e. The molecule has 0 aromatic carbocycles. The summed E-state index contributed by atoms with van der Waals surface area (Å²) in [6.07, 6.45) is 4.31. The molecule has 0 saturated carbocycles. The molecule has 2 amide bonds. The van der Waals surface area contributed by atoms with Gasteiger partial charge in [0.25, 0.3) is 5.91 Å². The molecule has 4 rings (SSSR count). The second kappa shape index (κ2) is 8.15. The molecule has 10 nitrogen and oxygen atoms in total. The van der Waals surface area contributed by atoms with Gasteiger partial charge in [-0.2, -0.15) is 0 Å². The predicted octanol–water partition coefficient (Wildman–Crippen LogP) is -0.493. The summed E-state index contributed by atoms with van der Waals surface area (Å²) in [7, 11) is 0. The largest absolute Gasteiger partial charge is 0.352 e. The highest BCUT2D eigenvalue weighted by Gasteiger charge is 2.25. The number of carbonyl (C=O) groups excluding carboxylic acids is 2. The molecule has 146 valence electrons. The molecule has 0 bridgehead atoms. The Balaban J connectivity index is 1.33. The lowest BCUT2D eigenvalue weighted by atomic mass is 10.2. The molecule has 2 aromatic rings. The highest BCUT2D eigenvalue weighted by molar-refractivity contribution is 5.92. The van der Waals surface area contributed by atoms with Gasteiger partial charge in [-0.1, -0.05) is 0 Å². The average molecular weight is 382 g/mol. The lowest BCUT2D eigenvalue weighted by Crippen LogP contribution is -2.49. The molecule has 0 spiro atoms. The Labute approximate surface area is 162 Å². The van der Waals surface area contributed by atoms with Crippen molar-refractivity contribution in [3.8, 4) is 0 Å². The fourth-order valence-corrected chi connectivity index (χ4v) is 3.39. The van der Waals surface area contributed by atoms with Crippen LogP contribution in [0.5, 0.6) is 0 Å². The van der Waals surface area contributed by atoms with Gasteiger partial charge in [0.1, 0.15) is 0 Å². The molecule has 2 saturated heterocycles. The van der Waals surface area contributed by atoms with Gasteiger partial charge in [-0.3, -0.25) is 9.59 Å². The molecule has 0 atom stereocenters. The number of carbonyl (C=O) groups is 2. The van der Waals surface area contributed by atoms with Crippen molar-refractivity contribution in [3.05, 3.63) is 36.3 Å². The second-order valence-corrected chi connectivity index (χ2v) is 6.73. The number of hydrogen-bond donors (Lipinski definition) is 0. The summed E-state index contributed by atoms with van der Waals surface area (Å²) in [4.78, 5) is 39.7. The van der Waals surface area contributed by atoms with Crippen LogP contribution in [-0.4, -0.2) is 94.6 Å². The van der Waals surface area contributed by atoms with Crippen molar-refractivity contribution < 1.29 is 9.59 Å². The van der Waals surface area contributed by atoms with Crippen LogP contribution in [0.1, 0.15) is 10.5 Å². The topological polar surface area (TPSA) is 98.7 Å². The van der Waals surface area contributed by atoms with E-state index in [1.54, 1.807) is 34.3 Å². The van der Waals surface area contributed by atoms with Crippen LogP contribution in [0.25, 0.3) is 0 Å². The number of anilines is 2. The minimum absolute atomic E-state index is 0.113. The Morgan fingerprint density at radius 2 is 1.54 bits per heavy atom. The fourth-order valence-electron chi connectivity index (χ4n) is 3.39. The summed E-state index contributed by atoms with van der Waals surface area (Å²) in [5, 5.41) is 8.36. The third kappa shape index (κ3) is 3.85. The number of amides is 2. The Bertz CT molecular complexity index is 800.